The number of amides is 3. The van der Waals surface area contributed by atoms with E-state index in [1.165, 1.54) is 16.2 Å². The number of rotatable bonds is 5. The quantitative estimate of drug-likeness (QED) is 0.554. The van der Waals surface area contributed by atoms with Gasteiger partial charge in [-0.1, -0.05) is 46.3 Å². The third-order valence-electron chi connectivity index (χ3n) is 4.89. The van der Waals surface area contributed by atoms with Crippen molar-refractivity contribution in [2.24, 2.45) is 0 Å². The minimum atomic E-state index is -1.08. The van der Waals surface area contributed by atoms with Gasteiger partial charge in [-0.25, -0.2) is 9.78 Å². The standard InChI is InChI=1S/C21H18BrN3O3S/c1-21(13-6-4-3-5-7-13)19(26)25(20(27)24-21)11-15-12-29-18(23-15)16-10-14(22)8-9-17(16)28-2/h3-10,12H,11H2,1-2H3,(H,24,27). The number of nitrogens with zero attached hydrogens (tertiary/aromatic N) is 2. The molecule has 148 valence electrons. The van der Waals surface area contributed by atoms with Gasteiger partial charge in [0.05, 0.1) is 24.9 Å². The number of thiazole rings is 1. The van der Waals surface area contributed by atoms with Crippen molar-refractivity contribution in [3.05, 3.63) is 69.6 Å². The second-order valence-electron chi connectivity index (χ2n) is 6.80. The molecule has 2 heterocycles. The summed E-state index contributed by atoms with van der Waals surface area (Å²) in [6.07, 6.45) is 0. The van der Waals surface area contributed by atoms with Crippen molar-refractivity contribution < 1.29 is 14.3 Å². The van der Waals surface area contributed by atoms with Crippen LogP contribution in [0.4, 0.5) is 4.79 Å². The van der Waals surface area contributed by atoms with Crippen molar-refractivity contribution in [2.45, 2.75) is 19.0 Å². The molecule has 6 nitrogen and oxygen atoms in total. The van der Waals surface area contributed by atoms with E-state index in [0.29, 0.717) is 11.4 Å². The van der Waals surface area contributed by atoms with Crippen LogP contribution in [0.15, 0.2) is 58.4 Å². The summed E-state index contributed by atoms with van der Waals surface area (Å²) in [5, 5.41) is 5.43. The van der Waals surface area contributed by atoms with Crippen LogP contribution in [0.2, 0.25) is 0 Å². The Balaban J connectivity index is 1.59. The lowest BCUT2D eigenvalue weighted by atomic mass is 9.92. The SMILES string of the molecule is COc1ccc(Br)cc1-c1nc(CN2C(=O)NC(C)(c3ccccc3)C2=O)cs1. The lowest BCUT2D eigenvalue weighted by Crippen LogP contribution is -2.40. The van der Waals surface area contributed by atoms with E-state index in [1.807, 2.05) is 53.9 Å². The Morgan fingerprint density at radius 3 is 2.69 bits per heavy atom. The first-order chi connectivity index (χ1) is 13.9. The van der Waals surface area contributed by atoms with Gasteiger partial charge in [0.2, 0.25) is 0 Å². The Labute approximate surface area is 180 Å². The number of aromatic nitrogens is 1. The molecule has 1 atom stereocenters. The van der Waals surface area contributed by atoms with E-state index < -0.39 is 11.6 Å². The fourth-order valence-corrected chi connectivity index (χ4v) is 4.51. The van der Waals surface area contributed by atoms with Crippen LogP contribution in [-0.2, 0) is 16.9 Å². The average molecular weight is 472 g/mol. The monoisotopic (exact) mass is 471 g/mol. The molecule has 1 aliphatic rings. The van der Waals surface area contributed by atoms with Crippen LogP contribution in [0, 0.1) is 0 Å². The minimum Gasteiger partial charge on any atom is -0.496 e. The second kappa shape index (κ2) is 7.61. The van der Waals surface area contributed by atoms with Gasteiger partial charge in [-0.3, -0.25) is 9.69 Å². The van der Waals surface area contributed by atoms with Crippen LogP contribution < -0.4 is 10.1 Å². The molecule has 3 aromatic rings. The van der Waals surface area contributed by atoms with Gasteiger partial charge in [0, 0.05) is 9.85 Å². The molecule has 4 rings (SSSR count). The molecule has 1 aromatic heterocycles. The molecule has 0 saturated carbocycles. The van der Waals surface area contributed by atoms with E-state index in [4.69, 9.17) is 4.74 Å². The van der Waals surface area contributed by atoms with Crippen molar-refractivity contribution in [1.29, 1.82) is 0 Å². The molecule has 0 aliphatic carbocycles. The topological polar surface area (TPSA) is 71.5 Å². The normalized spacial score (nSPS) is 18.8. The molecule has 1 N–H and O–H groups in total. The van der Waals surface area contributed by atoms with E-state index in [9.17, 15) is 9.59 Å². The van der Waals surface area contributed by atoms with E-state index >= 15 is 0 Å². The molecule has 0 bridgehead atoms. The third-order valence-corrected chi connectivity index (χ3v) is 6.31. The van der Waals surface area contributed by atoms with Gasteiger partial charge >= 0.3 is 6.03 Å². The molecule has 1 aliphatic heterocycles. The van der Waals surface area contributed by atoms with Crippen molar-refractivity contribution in [3.63, 3.8) is 0 Å². The molecule has 1 fully saturated rings. The summed E-state index contributed by atoms with van der Waals surface area (Å²) >= 11 is 4.91. The summed E-state index contributed by atoms with van der Waals surface area (Å²) < 4.78 is 6.34. The number of methoxy groups -OCH3 is 1. The highest BCUT2D eigenvalue weighted by molar-refractivity contribution is 9.10. The zero-order valence-electron chi connectivity index (χ0n) is 15.8. The summed E-state index contributed by atoms with van der Waals surface area (Å²) in [4.78, 5) is 31.4. The number of benzene rings is 2. The number of nitrogens with one attached hydrogen (secondary N) is 1. The fourth-order valence-electron chi connectivity index (χ4n) is 3.32. The van der Waals surface area contributed by atoms with E-state index in [0.717, 1.165) is 20.6 Å². The van der Waals surface area contributed by atoms with Crippen LogP contribution >= 0.6 is 27.3 Å². The van der Waals surface area contributed by atoms with E-state index in [2.05, 4.69) is 26.2 Å². The van der Waals surface area contributed by atoms with Gasteiger partial charge < -0.3 is 10.1 Å². The predicted octanol–water partition coefficient (Wildman–Crippen LogP) is 4.55. The highest BCUT2D eigenvalue weighted by atomic mass is 79.9. The zero-order chi connectivity index (χ0) is 20.6. The number of hydrogen-bond acceptors (Lipinski definition) is 5. The van der Waals surface area contributed by atoms with E-state index in [1.54, 1.807) is 14.0 Å². The van der Waals surface area contributed by atoms with Crippen molar-refractivity contribution in [1.82, 2.24) is 15.2 Å². The van der Waals surface area contributed by atoms with Gasteiger partial charge in [-0.05, 0) is 30.7 Å². The Hall–Kier alpha value is -2.71. The molecule has 8 heteroatoms. The molecular weight excluding hydrogens is 454 g/mol. The van der Waals surface area contributed by atoms with Gasteiger partial charge in [-0.15, -0.1) is 11.3 Å². The Morgan fingerprint density at radius 1 is 1.21 bits per heavy atom. The minimum absolute atomic E-state index is 0.111. The number of imide groups is 1. The third kappa shape index (κ3) is 3.54. The fraction of sp³-hybridized carbons (Fsp3) is 0.190. The van der Waals surface area contributed by atoms with Crippen LogP contribution in [0.3, 0.4) is 0 Å². The summed E-state index contributed by atoms with van der Waals surface area (Å²) in [6, 6.07) is 14.5. The first kappa shape index (κ1) is 19.6. The highest BCUT2D eigenvalue weighted by Gasteiger charge is 2.49. The lowest BCUT2D eigenvalue weighted by Gasteiger charge is -2.21. The Bertz CT molecular complexity index is 1090. The number of hydrogen-bond donors (Lipinski definition) is 1. The summed E-state index contributed by atoms with van der Waals surface area (Å²) in [7, 11) is 1.61. The molecule has 3 amide bonds. The van der Waals surface area contributed by atoms with Crippen LogP contribution in [0.5, 0.6) is 5.75 Å². The maximum Gasteiger partial charge on any atom is 0.325 e. The van der Waals surface area contributed by atoms with Gasteiger partial charge in [0.25, 0.3) is 5.91 Å². The van der Waals surface area contributed by atoms with Crippen LogP contribution in [-0.4, -0.2) is 28.9 Å². The average Bonchev–Trinajstić information content (AvgIpc) is 3.28. The smallest absolute Gasteiger partial charge is 0.325 e. The molecule has 2 aromatic carbocycles. The van der Waals surface area contributed by atoms with Gasteiger partial charge in [0.15, 0.2) is 0 Å². The second-order valence-corrected chi connectivity index (χ2v) is 8.57. The van der Waals surface area contributed by atoms with Crippen LogP contribution in [0.1, 0.15) is 18.2 Å². The summed E-state index contributed by atoms with van der Waals surface area (Å²) in [6.45, 7) is 1.83. The molecule has 29 heavy (non-hydrogen) atoms. The predicted molar refractivity (Wildman–Crippen MR) is 115 cm³/mol. The molecule has 1 unspecified atom stereocenters. The summed E-state index contributed by atoms with van der Waals surface area (Å²) in [5.41, 5.74) is 1.17. The van der Waals surface area contributed by atoms with Crippen LogP contribution in [0.25, 0.3) is 10.6 Å². The van der Waals surface area contributed by atoms with E-state index in [-0.39, 0.29) is 12.5 Å². The zero-order valence-corrected chi connectivity index (χ0v) is 18.2. The lowest BCUT2D eigenvalue weighted by molar-refractivity contribution is -0.131. The molecule has 0 spiro atoms. The number of carbonyl (C=O) groups is 2. The van der Waals surface area contributed by atoms with Crippen molar-refractivity contribution in [3.8, 4) is 16.3 Å². The Kier molecular flexibility index (Phi) is 5.14. The summed E-state index contributed by atoms with van der Waals surface area (Å²) in [5.74, 6) is 0.420. The van der Waals surface area contributed by atoms with Crippen molar-refractivity contribution >= 4 is 39.2 Å². The number of halogens is 1. The largest absolute Gasteiger partial charge is 0.496 e. The first-order valence-corrected chi connectivity index (χ1v) is 10.6. The molecule has 1 saturated heterocycles. The Morgan fingerprint density at radius 2 is 1.97 bits per heavy atom. The molecule has 0 radical (unpaired) electrons. The number of urea groups is 1. The van der Waals surface area contributed by atoms with Gasteiger partial charge in [0.1, 0.15) is 16.3 Å². The van der Waals surface area contributed by atoms with Crippen molar-refractivity contribution in [2.75, 3.05) is 7.11 Å². The number of ether oxygens (including phenoxy) is 1. The molecular formula is C21H18BrN3O3S. The van der Waals surface area contributed by atoms with Gasteiger partial charge in [-0.2, -0.15) is 0 Å². The maximum atomic E-state index is 13.1. The number of carbonyl (C=O) groups excluding carboxylic acids is 2. The maximum absolute atomic E-state index is 13.1. The highest BCUT2D eigenvalue weighted by Crippen LogP contribution is 2.35. The first-order valence-electron chi connectivity index (χ1n) is 8.90.